The second-order valence-electron chi connectivity index (χ2n) is 5.84. The van der Waals surface area contributed by atoms with E-state index in [0.717, 1.165) is 19.3 Å². The zero-order valence-electron chi connectivity index (χ0n) is 11.3. The third kappa shape index (κ3) is 6.83. The first-order valence-corrected chi connectivity index (χ1v) is 6.21. The molecule has 0 aromatic rings. The lowest BCUT2D eigenvalue weighted by atomic mass is 9.88. The maximum atomic E-state index is 11.8. The molecular formula is C13H27NO2. The van der Waals surface area contributed by atoms with Crippen LogP contribution in [-0.4, -0.2) is 23.7 Å². The molecule has 0 radical (unpaired) electrons. The van der Waals surface area contributed by atoms with E-state index in [2.05, 4.69) is 33.0 Å². The first kappa shape index (κ1) is 15.4. The van der Waals surface area contributed by atoms with Crippen LogP contribution >= 0.6 is 0 Å². The van der Waals surface area contributed by atoms with Crippen LogP contribution < -0.4 is 5.32 Å². The van der Waals surface area contributed by atoms with Crippen molar-refractivity contribution in [1.29, 1.82) is 0 Å². The summed E-state index contributed by atoms with van der Waals surface area (Å²) in [5, 5.41) is 12.2. The van der Waals surface area contributed by atoms with Gasteiger partial charge in [0.05, 0.1) is 12.6 Å². The van der Waals surface area contributed by atoms with Gasteiger partial charge in [-0.15, -0.1) is 0 Å². The Morgan fingerprint density at radius 3 is 2.31 bits per heavy atom. The van der Waals surface area contributed by atoms with Crippen LogP contribution in [0.1, 0.15) is 53.9 Å². The van der Waals surface area contributed by atoms with Crippen LogP contribution in [0.15, 0.2) is 0 Å². The lowest BCUT2D eigenvalue weighted by Crippen LogP contribution is -2.42. The number of aliphatic hydroxyl groups excluding tert-OH is 1. The number of aliphatic hydroxyl groups is 1. The number of rotatable bonds is 6. The minimum absolute atomic E-state index is 0.0157. The Morgan fingerprint density at radius 1 is 1.38 bits per heavy atom. The molecule has 96 valence electrons. The van der Waals surface area contributed by atoms with Gasteiger partial charge in [0.15, 0.2) is 0 Å². The molecule has 0 aliphatic carbocycles. The van der Waals surface area contributed by atoms with Crippen molar-refractivity contribution in [2.45, 2.75) is 59.9 Å². The smallest absolute Gasteiger partial charge is 0.223 e. The van der Waals surface area contributed by atoms with Crippen molar-refractivity contribution >= 4 is 5.91 Å². The predicted molar refractivity (Wildman–Crippen MR) is 67.2 cm³/mol. The van der Waals surface area contributed by atoms with E-state index in [1.807, 2.05) is 6.92 Å². The summed E-state index contributed by atoms with van der Waals surface area (Å²) in [6.07, 6.45) is 2.71. The zero-order valence-corrected chi connectivity index (χ0v) is 11.3. The van der Waals surface area contributed by atoms with Crippen LogP contribution in [0.3, 0.4) is 0 Å². The maximum absolute atomic E-state index is 11.8. The number of carbonyl (C=O) groups excluding carboxylic acids is 1. The highest BCUT2D eigenvalue weighted by atomic mass is 16.3. The average molecular weight is 229 g/mol. The van der Waals surface area contributed by atoms with E-state index in [1.165, 1.54) is 0 Å². The van der Waals surface area contributed by atoms with Gasteiger partial charge in [-0.2, -0.15) is 0 Å². The van der Waals surface area contributed by atoms with Gasteiger partial charge >= 0.3 is 0 Å². The van der Waals surface area contributed by atoms with Crippen LogP contribution in [0.2, 0.25) is 0 Å². The fourth-order valence-electron chi connectivity index (χ4n) is 1.81. The molecule has 2 atom stereocenters. The van der Waals surface area contributed by atoms with Gasteiger partial charge in [-0.1, -0.05) is 41.0 Å². The van der Waals surface area contributed by atoms with Crippen molar-refractivity contribution in [2.24, 2.45) is 11.3 Å². The second-order valence-corrected chi connectivity index (χ2v) is 5.84. The maximum Gasteiger partial charge on any atom is 0.223 e. The van der Waals surface area contributed by atoms with Crippen molar-refractivity contribution in [2.75, 3.05) is 6.61 Å². The van der Waals surface area contributed by atoms with E-state index in [0.29, 0.717) is 0 Å². The average Bonchev–Trinajstić information content (AvgIpc) is 2.14. The molecule has 2 N–H and O–H groups in total. The lowest BCUT2D eigenvalue weighted by molar-refractivity contribution is -0.125. The fraction of sp³-hybridized carbons (Fsp3) is 0.923. The molecule has 0 rings (SSSR count). The van der Waals surface area contributed by atoms with Crippen LogP contribution in [-0.2, 0) is 4.79 Å². The molecule has 3 heteroatoms. The molecule has 0 fully saturated rings. The number of amides is 1. The molecule has 0 aromatic carbocycles. The molecule has 3 nitrogen and oxygen atoms in total. The first-order chi connectivity index (χ1) is 7.30. The normalized spacial score (nSPS) is 15.6. The largest absolute Gasteiger partial charge is 0.394 e. The molecule has 0 saturated carbocycles. The minimum Gasteiger partial charge on any atom is -0.394 e. The molecule has 2 unspecified atom stereocenters. The molecule has 0 aliphatic rings. The van der Waals surface area contributed by atoms with Crippen molar-refractivity contribution in [3.63, 3.8) is 0 Å². The topological polar surface area (TPSA) is 49.3 Å². The second kappa shape index (κ2) is 6.89. The Morgan fingerprint density at radius 2 is 1.94 bits per heavy atom. The van der Waals surface area contributed by atoms with E-state index >= 15 is 0 Å². The summed E-state index contributed by atoms with van der Waals surface area (Å²) in [7, 11) is 0. The number of hydrogen-bond acceptors (Lipinski definition) is 2. The van der Waals surface area contributed by atoms with Crippen LogP contribution in [0.4, 0.5) is 0 Å². The molecular weight excluding hydrogens is 202 g/mol. The van der Waals surface area contributed by atoms with Crippen LogP contribution in [0.5, 0.6) is 0 Å². The Hall–Kier alpha value is -0.570. The predicted octanol–water partition coefficient (Wildman–Crippen LogP) is 2.34. The highest BCUT2D eigenvalue weighted by molar-refractivity contribution is 5.78. The standard InChI is InChI=1S/C13H27NO2/c1-6-7-10(2)12(16)14-11(9-15)8-13(3,4)5/h10-11,15H,6-9H2,1-5H3,(H,14,16). The molecule has 0 bridgehead atoms. The zero-order chi connectivity index (χ0) is 12.8. The summed E-state index contributed by atoms with van der Waals surface area (Å²) in [6, 6.07) is -0.119. The minimum atomic E-state index is -0.119. The summed E-state index contributed by atoms with van der Waals surface area (Å²) in [4.78, 5) is 11.8. The van der Waals surface area contributed by atoms with Crippen molar-refractivity contribution in [3.05, 3.63) is 0 Å². The van der Waals surface area contributed by atoms with E-state index in [9.17, 15) is 9.90 Å². The van der Waals surface area contributed by atoms with E-state index in [-0.39, 0.29) is 29.9 Å². The molecule has 0 spiro atoms. The first-order valence-electron chi connectivity index (χ1n) is 6.21. The molecule has 1 amide bonds. The van der Waals surface area contributed by atoms with Gasteiger partial charge in [0.2, 0.25) is 5.91 Å². The van der Waals surface area contributed by atoms with E-state index in [1.54, 1.807) is 0 Å². The number of nitrogens with one attached hydrogen (secondary N) is 1. The van der Waals surface area contributed by atoms with Gasteiger partial charge in [-0.25, -0.2) is 0 Å². The van der Waals surface area contributed by atoms with Crippen molar-refractivity contribution < 1.29 is 9.90 Å². The van der Waals surface area contributed by atoms with Gasteiger partial charge in [0.25, 0.3) is 0 Å². The number of hydrogen-bond donors (Lipinski definition) is 2. The molecule has 0 aliphatic heterocycles. The molecule has 0 heterocycles. The third-order valence-corrected chi connectivity index (χ3v) is 2.59. The summed E-state index contributed by atoms with van der Waals surface area (Å²) in [5.74, 6) is 0.101. The lowest BCUT2D eigenvalue weighted by Gasteiger charge is -2.26. The number of carbonyl (C=O) groups is 1. The van der Waals surface area contributed by atoms with Crippen molar-refractivity contribution in [1.82, 2.24) is 5.32 Å². The fourth-order valence-corrected chi connectivity index (χ4v) is 1.81. The Bertz CT molecular complexity index is 208. The summed E-state index contributed by atoms with van der Waals surface area (Å²) in [6.45, 7) is 10.3. The van der Waals surface area contributed by atoms with Crippen LogP contribution in [0, 0.1) is 11.3 Å². The Balaban J connectivity index is 4.16. The Kier molecular flexibility index (Phi) is 6.65. The molecule has 0 saturated heterocycles. The SMILES string of the molecule is CCCC(C)C(=O)NC(CO)CC(C)(C)C. The summed E-state index contributed by atoms with van der Waals surface area (Å²) >= 11 is 0. The highest BCUT2D eigenvalue weighted by Crippen LogP contribution is 2.20. The van der Waals surface area contributed by atoms with Gasteiger partial charge in [0, 0.05) is 5.92 Å². The van der Waals surface area contributed by atoms with Gasteiger partial charge in [-0.05, 0) is 18.3 Å². The monoisotopic (exact) mass is 229 g/mol. The van der Waals surface area contributed by atoms with Crippen LogP contribution in [0.25, 0.3) is 0 Å². The van der Waals surface area contributed by atoms with Gasteiger partial charge in [0.1, 0.15) is 0 Å². The molecule has 0 aromatic heterocycles. The van der Waals surface area contributed by atoms with E-state index < -0.39 is 0 Å². The van der Waals surface area contributed by atoms with Crippen molar-refractivity contribution in [3.8, 4) is 0 Å². The van der Waals surface area contributed by atoms with Gasteiger partial charge < -0.3 is 10.4 Å². The Labute approximate surface area is 99.6 Å². The van der Waals surface area contributed by atoms with E-state index in [4.69, 9.17) is 0 Å². The third-order valence-electron chi connectivity index (χ3n) is 2.59. The summed E-state index contributed by atoms with van der Waals surface area (Å²) in [5.41, 5.74) is 0.120. The highest BCUT2D eigenvalue weighted by Gasteiger charge is 2.21. The molecule has 16 heavy (non-hydrogen) atoms. The van der Waals surface area contributed by atoms with Gasteiger partial charge in [-0.3, -0.25) is 4.79 Å². The summed E-state index contributed by atoms with van der Waals surface area (Å²) < 4.78 is 0. The quantitative estimate of drug-likeness (QED) is 0.734.